The summed E-state index contributed by atoms with van der Waals surface area (Å²) in [4.78, 5) is 42.0. The third-order valence-corrected chi connectivity index (χ3v) is 7.81. The monoisotopic (exact) mass is 485 g/mol. The molecule has 2 saturated heterocycles. The number of carbonyl (C=O) groups excluding carboxylic acids is 3. The van der Waals surface area contributed by atoms with Crippen LogP contribution in [0.3, 0.4) is 0 Å². The molecule has 0 spiro atoms. The van der Waals surface area contributed by atoms with Crippen molar-refractivity contribution in [3.63, 3.8) is 0 Å². The molecular formula is C27H39N3O5. The summed E-state index contributed by atoms with van der Waals surface area (Å²) in [6.07, 6.45) is 8.13. The Kier molecular flexibility index (Phi) is 8.52. The highest BCUT2D eigenvalue weighted by Crippen LogP contribution is 2.29. The van der Waals surface area contributed by atoms with Gasteiger partial charge in [-0.1, -0.05) is 25.3 Å². The van der Waals surface area contributed by atoms with E-state index in [0.29, 0.717) is 50.0 Å². The van der Waals surface area contributed by atoms with Gasteiger partial charge in [0.1, 0.15) is 0 Å². The van der Waals surface area contributed by atoms with Gasteiger partial charge in [-0.3, -0.25) is 14.4 Å². The molecule has 192 valence electrons. The predicted molar refractivity (Wildman–Crippen MR) is 132 cm³/mol. The Morgan fingerprint density at radius 3 is 2.37 bits per heavy atom. The number of hydrogen-bond donors (Lipinski definition) is 1. The van der Waals surface area contributed by atoms with Crippen molar-refractivity contribution in [3.05, 3.63) is 23.8 Å². The Morgan fingerprint density at radius 2 is 1.69 bits per heavy atom. The number of carbonyl (C=O) groups is 3. The lowest BCUT2D eigenvalue weighted by Gasteiger charge is -2.35. The van der Waals surface area contributed by atoms with Crippen LogP contribution in [0.2, 0.25) is 0 Å². The first-order chi connectivity index (χ1) is 17.0. The molecule has 0 radical (unpaired) electrons. The molecule has 8 nitrogen and oxygen atoms in total. The lowest BCUT2D eigenvalue weighted by Crippen LogP contribution is -2.49. The Labute approximate surface area is 208 Å². The average molecular weight is 486 g/mol. The molecule has 1 aromatic carbocycles. The van der Waals surface area contributed by atoms with Crippen molar-refractivity contribution in [2.45, 2.75) is 63.8 Å². The highest BCUT2D eigenvalue weighted by atomic mass is 16.5. The number of methoxy groups -OCH3 is 2. The Balaban J connectivity index is 1.21. The molecule has 1 aliphatic carbocycles. The second kappa shape index (κ2) is 11.8. The van der Waals surface area contributed by atoms with Gasteiger partial charge in [0.25, 0.3) is 0 Å². The number of hydrogen-bond acceptors (Lipinski definition) is 5. The van der Waals surface area contributed by atoms with Gasteiger partial charge in [-0.05, 0) is 49.8 Å². The topological polar surface area (TPSA) is 88.2 Å². The van der Waals surface area contributed by atoms with E-state index in [1.54, 1.807) is 19.1 Å². The van der Waals surface area contributed by atoms with Gasteiger partial charge in [0, 0.05) is 44.6 Å². The Bertz CT molecular complexity index is 906. The number of rotatable bonds is 8. The largest absolute Gasteiger partial charge is 0.493 e. The van der Waals surface area contributed by atoms with Gasteiger partial charge in [0.2, 0.25) is 17.7 Å². The van der Waals surface area contributed by atoms with Crippen molar-refractivity contribution in [3.8, 4) is 11.5 Å². The third-order valence-electron chi connectivity index (χ3n) is 7.81. The van der Waals surface area contributed by atoms with Crippen molar-refractivity contribution < 1.29 is 23.9 Å². The first kappa shape index (κ1) is 25.3. The molecule has 0 aromatic heterocycles. The van der Waals surface area contributed by atoms with Crippen molar-refractivity contribution in [1.82, 2.24) is 15.1 Å². The van der Waals surface area contributed by atoms with E-state index in [2.05, 4.69) is 5.32 Å². The van der Waals surface area contributed by atoms with Crippen molar-refractivity contribution in [1.29, 1.82) is 0 Å². The maximum Gasteiger partial charge on any atom is 0.225 e. The van der Waals surface area contributed by atoms with Crippen molar-refractivity contribution in [2.75, 3.05) is 40.4 Å². The number of piperidine rings is 1. The van der Waals surface area contributed by atoms with Crippen molar-refractivity contribution in [2.24, 2.45) is 11.8 Å². The van der Waals surface area contributed by atoms with E-state index in [-0.39, 0.29) is 36.1 Å². The van der Waals surface area contributed by atoms with Crippen LogP contribution in [0.15, 0.2) is 18.2 Å². The maximum absolute atomic E-state index is 12.9. The molecule has 1 N–H and O–H groups in total. The van der Waals surface area contributed by atoms with Gasteiger partial charge >= 0.3 is 0 Å². The summed E-state index contributed by atoms with van der Waals surface area (Å²) < 4.78 is 10.6. The first-order valence-electron chi connectivity index (χ1n) is 13.1. The SMILES string of the molecule is COc1ccc(CCN2CC(C(=O)NC3CCN(C(=O)C4CCCCC4)CC3)CC2=O)cc1OC. The number of nitrogens with one attached hydrogen (secondary N) is 1. The Morgan fingerprint density at radius 1 is 0.971 bits per heavy atom. The molecular weight excluding hydrogens is 446 g/mol. The minimum Gasteiger partial charge on any atom is -0.493 e. The summed E-state index contributed by atoms with van der Waals surface area (Å²) in [5.41, 5.74) is 1.05. The molecule has 3 amide bonds. The number of likely N-dealkylation sites (tertiary alicyclic amines) is 2. The van der Waals surface area contributed by atoms with Crippen LogP contribution in [-0.4, -0.2) is 74.0 Å². The smallest absolute Gasteiger partial charge is 0.225 e. The fourth-order valence-corrected chi connectivity index (χ4v) is 5.64. The standard InChI is InChI=1S/C27H39N3O5/c1-34-23-9-8-19(16-24(23)35-2)10-13-30-18-21(17-25(30)31)26(32)28-22-11-14-29(15-12-22)27(33)20-6-4-3-5-7-20/h8-9,16,20-22H,3-7,10-15,17-18H2,1-2H3,(H,28,32). The second-order valence-corrected chi connectivity index (χ2v) is 10.1. The summed E-state index contributed by atoms with van der Waals surface area (Å²) in [6, 6.07) is 5.84. The molecule has 8 heteroatoms. The van der Waals surface area contributed by atoms with Gasteiger partial charge < -0.3 is 24.6 Å². The summed E-state index contributed by atoms with van der Waals surface area (Å²) >= 11 is 0. The summed E-state index contributed by atoms with van der Waals surface area (Å²) in [6.45, 7) is 2.44. The van der Waals surface area contributed by atoms with Crippen LogP contribution in [-0.2, 0) is 20.8 Å². The number of benzene rings is 1. The normalized spacial score (nSPS) is 21.8. The maximum atomic E-state index is 12.9. The van der Waals surface area contributed by atoms with Crippen molar-refractivity contribution >= 4 is 17.7 Å². The van der Waals surface area contributed by atoms with Crippen LogP contribution < -0.4 is 14.8 Å². The summed E-state index contributed by atoms with van der Waals surface area (Å²) in [7, 11) is 3.21. The summed E-state index contributed by atoms with van der Waals surface area (Å²) in [5, 5.41) is 3.16. The highest BCUT2D eigenvalue weighted by molar-refractivity contribution is 5.89. The number of nitrogens with zero attached hydrogens (tertiary/aromatic N) is 2. The highest BCUT2D eigenvalue weighted by Gasteiger charge is 2.36. The zero-order chi connectivity index (χ0) is 24.8. The van der Waals surface area contributed by atoms with Crippen LogP contribution in [0.4, 0.5) is 0 Å². The minimum absolute atomic E-state index is 0.0264. The quantitative estimate of drug-likeness (QED) is 0.612. The molecule has 2 heterocycles. The van der Waals surface area contributed by atoms with Crippen LogP contribution in [0, 0.1) is 11.8 Å². The molecule has 35 heavy (non-hydrogen) atoms. The van der Waals surface area contributed by atoms with Gasteiger partial charge in [-0.25, -0.2) is 0 Å². The van der Waals surface area contributed by atoms with Crippen LogP contribution in [0.1, 0.15) is 56.9 Å². The lowest BCUT2D eigenvalue weighted by atomic mass is 9.87. The zero-order valence-corrected chi connectivity index (χ0v) is 21.1. The molecule has 1 saturated carbocycles. The van der Waals surface area contributed by atoms with Crippen LogP contribution >= 0.6 is 0 Å². The van der Waals surface area contributed by atoms with E-state index in [4.69, 9.17) is 9.47 Å². The van der Waals surface area contributed by atoms with Gasteiger partial charge in [-0.2, -0.15) is 0 Å². The van der Waals surface area contributed by atoms with E-state index in [1.807, 2.05) is 23.1 Å². The van der Waals surface area contributed by atoms with Gasteiger partial charge in [0.15, 0.2) is 11.5 Å². The fourth-order valence-electron chi connectivity index (χ4n) is 5.64. The lowest BCUT2D eigenvalue weighted by molar-refractivity contribution is -0.138. The summed E-state index contributed by atoms with van der Waals surface area (Å²) in [5.74, 6) is 1.53. The van der Waals surface area contributed by atoms with E-state index in [9.17, 15) is 14.4 Å². The molecule has 3 aliphatic rings. The molecule has 2 aliphatic heterocycles. The molecule has 0 bridgehead atoms. The molecule has 1 atom stereocenters. The third kappa shape index (κ3) is 6.27. The minimum atomic E-state index is -0.310. The molecule has 1 aromatic rings. The van der Waals surface area contributed by atoms with E-state index < -0.39 is 0 Å². The first-order valence-corrected chi connectivity index (χ1v) is 13.1. The number of amides is 3. The van der Waals surface area contributed by atoms with Gasteiger partial charge in [0.05, 0.1) is 20.1 Å². The average Bonchev–Trinajstić information content (AvgIpc) is 3.28. The Hall–Kier alpha value is -2.77. The van der Waals surface area contributed by atoms with Gasteiger partial charge in [-0.15, -0.1) is 0 Å². The van der Waals surface area contributed by atoms with E-state index in [0.717, 1.165) is 44.1 Å². The number of ether oxygens (including phenoxy) is 2. The van der Waals surface area contributed by atoms with E-state index in [1.165, 1.54) is 6.42 Å². The fraction of sp³-hybridized carbons (Fsp3) is 0.667. The van der Waals surface area contributed by atoms with Crippen LogP contribution in [0.5, 0.6) is 11.5 Å². The van der Waals surface area contributed by atoms with Crippen LogP contribution in [0.25, 0.3) is 0 Å². The van der Waals surface area contributed by atoms with E-state index >= 15 is 0 Å². The second-order valence-electron chi connectivity index (χ2n) is 10.1. The molecule has 1 unspecified atom stereocenters. The predicted octanol–water partition coefficient (Wildman–Crippen LogP) is 2.78. The molecule has 4 rings (SSSR count). The molecule has 3 fully saturated rings. The zero-order valence-electron chi connectivity index (χ0n) is 21.1.